The highest BCUT2D eigenvalue weighted by molar-refractivity contribution is 5.79. The van der Waals surface area contributed by atoms with Crippen LogP contribution in [0.5, 0.6) is 0 Å². The second-order valence-electron chi connectivity index (χ2n) is 5.88. The molecule has 2 rings (SSSR count). The number of anilines is 1. The molecule has 1 heterocycles. The smallest absolute Gasteiger partial charge is 0.191 e. The van der Waals surface area contributed by atoms with Gasteiger partial charge in [0.15, 0.2) is 5.96 Å². The van der Waals surface area contributed by atoms with Crippen LogP contribution in [-0.4, -0.2) is 38.1 Å². The molecule has 0 spiro atoms. The van der Waals surface area contributed by atoms with E-state index >= 15 is 0 Å². The van der Waals surface area contributed by atoms with Crippen LogP contribution >= 0.6 is 0 Å². The number of nitrogens with zero attached hydrogens (tertiary/aromatic N) is 3. The lowest BCUT2D eigenvalue weighted by molar-refractivity contribution is 0.626. The Morgan fingerprint density at radius 2 is 1.88 bits per heavy atom. The van der Waals surface area contributed by atoms with E-state index in [1.54, 1.807) is 12.1 Å². The molecule has 1 aromatic heterocycles. The molecule has 2 aromatic rings. The van der Waals surface area contributed by atoms with Crippen LogP contribution in [0.2, 0.25) is 0 Å². The van der Waals surface area contributed by atoms with Crippen LogP contribution in [0.1, 0.15) is 18.2 Å². The first-order valence-electron chi connectivity index (χ1n) is 8.48. The third-order valence-electron chi connectivity index (χ3n) is 3.61. The molecule has 0 unspecified atom stereocenters. The molecule has 0 amide bonds. The van der Waals surface area contributed by atoms with Gasteiger partial charge in [0, 0.05) is 27.2 Å². The van der Waals surface area contributed by atoms with Gasteiger partial charge in [-0.1, -0.05) is 18.2 Å². The molecule has 0 aliphatic carbocycles. The molecular weight excluding hydrogens is 317 g/mol. The number of aromatic nitrogens is 1. The van der Waals surface area contributed by atoms with Crippen molar-refractivity contribution in [1.82, 2.24) is 15.6 Å². The van der Waals surface area contributed by atoms with E-state index in [4.69, 9.17) is 0 Å². The molecule has 134 valence electrons. The van der Waals surface area contributed by atoms with Crippen LogP contribution in [0.15, 0.2) is 47.5 Å². The number of hydrogen-bond donors (Lipinski definition) is 2. The van der Waals surface area contributed by atoms with Gasteiger partial charge in [0.25, 0.3) is 0 Å². The number of nitrogens with one attached hydrogen (secondary N) is 2. The van der Waals surface area contributed by atoms with E-state index < -0.39 is 0 Å². The number of aliphatic imine (C=N–C) groups is 1. The summed E-state index contributed by atoms with van der Waals surface area (Å²) in [7, 11) is 3.94. The molecule has 0 atom stereocenters. The third-order valence-corrected chi connectivity index (χ3v) is 3.61. The van der Waals surface area contributed by atoms with Crippen molar-refractivity contribution in [2.75, 3.05) is 32.1 Å². The monoisotopic (exact) mass is 343 g/mol. The molecule has 0 aliphatic rings. The summed E-state index contributed by atoms with van der Waals surface area (Å²) in [6, 6.07) is 12.5. The molecule has 25 heavy (non-hydrogen) atoms. The van der Waals surface area contributed by atoms with Crippen LogP contribution < -0.4 is 15.5 Å². The summed E-state index contributed by atoms with van der Waals surface area (Å²) in [4.78, 5) is 11.1. The Balaban J connectivity index is 1.91. The topological polar surface area (TPSA) is 52.6 Å². The highest BCUT2D eigenvalue weighted by atomic mass is 19.1. The summed E-state index contributed by atoms with van der Waals surface area (Å²) in [6.07, 6.45) is 0.805. The maximum Gasteiger partial charge on any atom is 0.191 e. The number of hydrogen-bond acceptors (Lipinski definition) is 3. The summed E-state index contributed by atoms with van der Waals surface area (Å²) in [5.41, 5.74) is 2.01. The molecular formula is C19H26FN5. The Hall–Kier alpha value is -2.63. The fourth-order valence-electron chi connectivity index (χ4n) is 2.28. The fourth-order valence-corrected chi connectivity index (χ4v) is 2.28. The van der Waals surface area contributed by atoms with Crippen molar-refractivity contribution in [3.05, 3.63) is 59.5 Å². The Bertz CT molecular complexity index is 682. The summed E-state index contributed by atoms with van der Waals surface area (Å²) in [6.45, 7) is 4.05. The van der Waals surface area contributed by atoms with Gasteiger partial charge in [0.05, 0.1) is 12.2 Å². The first kappa shape index (κ1) is 18.7. The SMILES string of the molecule is CCNC(=NCc1cccc(N(C)C)n1)NCCc1ccc(F)cc1. The van der Waals surface area contributed by atoms with Crippen LogP contribution in [0.3, 0.4) is 0 Å². The zero-order chi connectivity index (χ0) is 18.1. The van der Waals surface area contributed by atoms with Gasteiger partial charge in [-0.2, -0.15) is 0 Å². The van der Waals surface area contributed by atoms with Crippen LogP contribution in [0.4, 0.5) is 10.2 Å². The molecule has 1 aromatic carbocycles. The van der Waals surface area contributed by atoms with Gasteiger partial charge in [-0.05, 0) is 43.2 Å². The molecule has 0 aliphatic heterocycles. The van der Waals surface area contributed by atoms with E-state index in [9.17, 15) is 4.39 Å². The second kappa shape index (κ2) is 9.61. The van der Waals surface area contributed by atoms with Gasteiger partial charge in [-0.15, -0.1) is 0 Å². The summed E-state index contributed by atoms with van der Waals surface area (Å²) in [5, 5.41) is 6.52. The second-order valence-corrected chi connectivity index (χ2v) is 5.88. The molecule has 6 heteroatoms. The van der Waals surface area contributed by atoms with E-state index in [0.717, 1.165) is 42.5 Å². The number of benzene rings is 1. The van der Waals surface area contributed by atoms with Crippen LogP contribution in [-0.2, 0) is 13.0 Å². The van der Waals surface area contributed by atoms with E-state index in [-0.39, 0.29) is 5.82 Å². The lowest BCUT2D eigenvalue weighted by Crippen LogP contribution is -2.38. The predicted octanol–water partition coefficient (Wildman–Crippen LogP) is 2.58. The van der Waals surface area contributed by atoms with Crippen molar-refractivity contribution < 1.29 is 4.39 Å². The first-order valence-corrected chi connectivity index (χ1v) is 8.48. The van der Waals surface area contributed by atoms with Gasteiger partial charge in [0.2, 0.25) is 0 Å². The Morgan fingerprint density at radius 1 is 1.12 bits per heavy atom. The Morgan fingerprint density at radius 3 is 2.56 bits per heavy atom. The fraction of sp³-hybridized carbons (Fsp3) is 0.368. The standard InChI is InChI=1S/C19H26FN5/c1-4-21-19(22-13-12-15-8-10-16(20)11-9-15)23-14-17-6-5-7-18(24-17)25(2)3/h5-11H,4,12-14H2,1-3H3,(H2,21,22,23). The molecule has 5 nitrogen and oxygen atoms in total. The van der Waals surface area contributed by atoms with Crippen molar-refractivity contribution >= 4 is 11.8 Å². The molecule has 0 saturated heterocycles. The van der Waals surface area contributed by atoms with Gasteiger partial charge in [-0.3, -0.25) is 0 Å². The Kier molecular flexibility index (Phi) is 7.19. The molecule has 0 radical (unpaired) electrons. The minimum absolute atomic E-state index is 0.209. The molecule has 0 saturated carbocycles. The van der Waals surface area contributed by atoms with E-state index in [0.29, 0.717) is 6.54 Å². The maximum atomic E-state index is 12.9. The first-order chi connectivity index (χ1) is 12.1. The normalized spacial score (nSPS) is 11.3. The molecule has 0 fully saturated rings. The average Bonchev–Trinajstić information content (AvgIpc) is 2.61. The third kappa shape index (κ3) is 6.41. The van der Waals surface area contributed by atoms with Crippen LogP contribution in [0.25, 0.3) is 0 Å². The largest absolute Gasteiger partial charge is 0.363 e. The average molecular weight is 343 g/mol. The van der Waals surface area contributed by atoms with Crippen molar-refractivity contribution in [2.24, 2.45) is 4.99 Å². The summed E-state index contributed by atoms with van der Waals surface area (Å²) >= 11 is 0. The number of rotatable bonds is 7. The van der Waals surface area contributed by atoms with Gasteiger partial charge in [-0.25, -0.2) is 14.4 Å². The predicted molar refractivity (Wildman–Crippen MR) is 101 cm³/mol. The minimum atomic E-state index is -0.209. The number of pyridine rings is 1. The maximum absolute atomic E-state index is 12.9. The zero-order valence-corrected chi connectivity index (χ0v) is 15.1. The van der Waals surface area contributed by atoms with E-state index in [2.05, 4.69) is 20.6 Å². The van der Waals surface area contributed by atoms with Crippen molar-refractivity contribution in [2.45, 2.75) is 19.9 Å². The lowest BCUT2D eigenvalue weighted by Gasteiger charge is -2.13. The Labute approximate surface area is 149 Å². The highest BCUT2D eigenvalue weighted by Crippen LogP contribution is 2.08. The minimum Gasteiger partial charge on any atom is -0.363 e. The zero-order valence-electron chi connectivity index (χ0n) is 15.1. The van der Waals surface area contributed by atoms with Gasteiger partial charge in [0.1, 0.15) is 11.6 Å². The van der Waals surface area contributed by atoms with Crippen LogP contribution in [0, 0.1) is 5.82 Å². The van der Waals surface area contributed by atoms with Gasteiger partial charge >= 0.3 is 0 Å². The lowest BCUT2D eigenvalue weighted by atomic mass is 10.1. The van der Waals surface area contributed by atoms with Gasteiger partial charge < -0.3 is 15.5 Å². The van der Waals surface area contributed by atoms with Crippen molar-refractivity contribution in [3.63, 3.8) is 0 Å². The number of halogens is 1. The highest BCUT2D eigenvalue weighted by Gasteiger charge is 2.01. The van der Waals surface area contributed by atoms with E-state index in [1.807, 2.05) is 44.1 Å². The molecule has 0 bridgehead atoms. The molecule has 2 N–H and O–H groups in total. The van der Waals surface area contributed by atoms with E-state index in [1.165, 1.54) is 12.1 Å². The van der Waals surface area contributed by atoms with Crippen molar-refractivity contribution in [3.8, 4) is 0 Å². The van der Waals surface area contributed by atoms with Crippen molar-refractivity contribution in [1.29, 1.82) is 0 Å². The quantitative estimate of drug-likeness (QED) is 0.599. The summed E-state index contributed by atoms with van der Waals surface area (Å²) < 4.78 is 12.9. The summed E-state index contributed by atoms with van der Waals surface area (Å²) in [5.74, 6) is 1.46. The number of guanidine groups is 1.